The van der Waals surface area contributed by atoms with Crippen molar-refractivity contribution in [1.82, 2.24) is 0 Å². The number of nitrogens with two attached hydrogens (primary N) is 1. The van der Waals surface area contributed by atoms with Crippen LogP contribution in [-0.2, 0) is 0 Å². The van der Waals surface area contributed by atoms with E-state index in [2.05, 4.69) is 43.8 Å². The van der Waals surface area contributed by atoms with Gasteiger partial charge in [0.2, 0.25) is 0 Å². The fourth-order valence-corrected chi connectivity index (χ4v) is 2.87. The fourth-order valence-electron chi connectivity index (χ4n) is 1.76. The van der Waals surface area contributed by atoms with Crippen molar-refractivity contribution in [3.8, 4) is 0 Å². The van der Waals surface area contributed by atoms with Crippen molar-refractivity contribution < 1.29 is 4.79 Å². The summed E-state index contributed by atoms with van der Waals surface area (Å²) in [5.41, 5.74) is 8.45. The fraction of sp³-hybridized carbons (Fsp3) is 0.0714. The van der Waals surface area contributed by atoms with Crippen molar-refractivity contribution >= 4 is 67.4 Å². The lowest BCUT2D eigenvalue weighted by Gasteiger charge is -2.12. The molecule has 3 nitrogen and oxygen atoms in total. The minimum Gasteiger partial charge on any atom is -0.397 e. The number of aryl methyl sites for hydroxylation is 1. The normalized spacial score (nSPS) is 10.4. The second kappa shape index (κ2) is 6.32. The van der Waals surface area contributed by atoms with Crippen LogP contribution in [0.15, 0.2) is 34.8 Å². The molecular weight excluding hydrogens is 454 g/mol. The van der Waals surface area contributed by atoms with Gasteiger partial charge in [0.15, 0.2) is 0 Å². The molecule has 20 heavy (non-hydrogen) atoms. The van der Waals surface area contributed by atoms with Crippen LogP contribution in [0, 0.1) is 10.5 Å². The first kappa shape index (κ1) is 15.6. The van der Waals surface area contributed by atoms with E-state index in [0.29, 0.717) is 22.0 Å². The van der Waals surface area contributed by atoms with Crippen molar-refractivity contribution in [3.05, 3.63) is 54.5 Å². The lowest BCUT2D eigenvalue weighted by atomic mass is 10.1. The summed E-state index contributed by atoms with van der Waals surface area (Å²) in [6.45, 7) is 1.89. The van der Waals surface area contributed by atoms with E-state index in [9.17, 15) is 4.79 Å². The van der Waals surface area contributed by atoms with Gasteiger partial charge in [0.1, 0.15) is 0 Å². The number of hydrogen-bond acceptors (Lipinski definition) is 2. The molecule has 104 valence electrons. The summed E-state index contributed by atoms with van der Waals surface area (Å²) in [7, 11) is 0. The van der Waals surface area contributed by atoms with Crippen LogP contribution in [0.1, 0.15) is 15.9 Å². The first-order chi connectivity index (χ1) is 9.38. The van der Waals surface area contributed by atoms with E-state index in [1.807, 2.05) is 13.0 Å². The highest BCUT2D eigenvalue weighted by Crippen LogP contribution is 2.28. The molecular formula is C14H11BrClIN2O. The molecule has 0 radical (unpaired) electrons. The minimum atomic E-state index is -0.236. The van der Waals surface area contributed by atoms with Gasteiger partial charge in [0, 0.05) is 13.6 Å². The van der Waals surface area contributed by atoms with Crippen molar-refractivity contribution in [2.24, 2.45) is 0 Å². The zero-order valence-electron chi connectivity index (χ0n) is 10.5. The average Bonchev–Trinajstić information content (AvgIpc) is 2.36. The van der Waals surface area contributed by atoms with E-state index in [-0.39, 0.29) is 5.91 Å². The summed E-state index contributed by atoms with van der Waals surface area (Å²) in [6.07, 6.45) is 0. The van der Waals surface area contributed by atoms with Gasteiger partial charge in [0.25, 0.3) is 5.91 Å². The van der Waals surface area contributed by atoms with Gasteiger partial charge in [-0.05, 0) is 65.4 Å². The number of anilines is 2. The maximum absolute atomic E-state index is 12.2. The first-order valence-electron chi connectivity index (χ1n) is 5.70. The number of hydrogen-bond donors (Lipinski definition) is 2. The number of benzene rings is 2. The molecule has 0 saturated heterocycles. The highest BCUT2D eigenvalue weighted by atomic mass is 127. The Morgan fingerprint density at radius 2 is 2.05 bits per heavy atom. The summed E-state index contributed by atoms with van der Waals surface area (Å²) >= 11 is 11.5. The van der Waals surface area contributed by atoms with Gasteiger partial charge in [-0.1, -0.05) is 27.5 Å². The van der Waals surface area contributed by atoms with Gasteiger partial charge < -0.3 is 11.1 Å². The summed E-state index contributed by atoms with van der Waals surface area (Å²) in [6, 6.07) is 8.82. The maximum atomic E-state index is 12.2. The number of nitrogens with one attached hydrogen (secondary N) is 1. The number of nitrogen functional groups attached to an aromatic ring is 1. The van der Waals surface area contributed by atoms with E-state index in [1.54, 1.807) is 24.3 Å². The molecule has 2 rings (SSSR count). The average molecular weight is 466 g/mol. The third-order valence-electron chi connectivity index (χ3n) is 2.75. The molecule has 0 atom stereocenters. The van der Waals surface area contributed by atoms with Gasteiger partial charge in [0.05, 0.1) is 16.4 Å². The van der Waals surface area contributed by atoms with Crippen LogP contribution >= 0.6 is 50.1 Å². The molecule has 0 spiro atoms. The number of halogens is 3. The van der Waals surface area contributed by atoms with Gasteiger partial charge in [-0.15, -0.1) is 0 Å². The Hall–Kier alpha value is -0.790. The maximum Gasteiger partial charge on any atom is 0.255 e. The number of amides is 1. The van der Waals surface area contributed by atoms with Crippen LogP contribution < -0.4 is 11.1 Å². The molecule has 0 heterocycles. The third kappa shape index (κ3) is 3.45. The van der Waals surface area contributed by atoms with Crippen molar-refractivity contribution in [1.29, 1.82) is 0 Å². The predicted octanol–water partition coefficient (Wildman–Crippen LogP) is 4.85. The Morgan fingerprint density at radius 3 is 2.65 bits per heavy atom. The molecule has 3 N–H and O–H groups in total. The van der Waals surface area contributed by atoms with Crippen molar-refractivity contribution in [2.75, 3.05) is 11.1 Å². The second-order valence-electron chi connectivity index (χ2n) is 4.27. The minimum absolute atomic E-state index is 0.236. The largest absolute Gasteiger partial charge is 0.397 e. The highest BCUT2D eigenvalue weighted by Gasteiger charge is 2.12. The second-order valence-corrected chi connectivity index (χ2v) is 6.75. The molecule has 0 saturated carbocycles. The predicted molar refractivity (Wildman–Crippen MR) is 95.4 cm³/mol. The highest BCUT2D eigenvalue weighted by molar-refractivity contribution is 14.1. The van der Waals surface area contributed by atoms with Crippen LogP contribution in [0.3, 0.4) is 0 Å². The number of carbonyl (C=O) groups excluding carboxylic acids is 1. The van der Waals surface area contributed by atoms with Crippen LogP contribution in [0.25, 0.3) is 0 Å². The van der Waals surface area contributed by atoms with Gasteiger partial charge in [-0.3, -0.25) is 4.79 Å². The SMILES string of the molecule is Cc1cc(Br)cc(N)c1NC(=O)c1ccc(I)c(Cl)c1. The Bertz CT molecular complexity index is 668. The zero-order valence-corrected chi connectivity index (χ0v) is 15.0. The Morgan fingerprint density at radius 1 is 1.35 bits per heavy atom. The summed E-state index contributed by atoms with van der Waals surface area (Å²) in [4.78, 5) is 12.2. The van der Waals surface area contributed by atoms with Gasteiger partial charge in [-0.25, -0.2) is 0 Å². The third-order valence-corrected chi connectivity index (χ3v) is 4.78. The summed E-state index contributed by atoms with van der Waals surface area (Å²) in [5.74, 6) is -0.236. The molecule has 0 bridgehead atoms. The van der Waals surface area contributed by atoms with Crippen LogP contribution in [0.4, 0.5) is 11.4 Å². The van der Waals surface area contributed by atoms with Crippen LogP contribution in [0.2, 0.25) is 5.02 Å². The topological polar surface area (TPSA) is 55.1 Å². The molecule has 0 aliphatic carbocycles. The van der Waals surface area contributed by atoms with Crippen molar-refractivity contribution in [3.63, 3.8) is 0 Å². The monoisotopic (exact) mass is 464 g/mol. The molecule has 2 aromatic rings. The van der Waals surface area contributed by atoms with E-state index < -0.39 is 0 Å². The molecule has 2 aromatic carbocycles. The number of rotatable bonds is 2. The van der Waals surface area contributed by atoms with Crippen molar-refractivity contribution in [2.45, 2.75) is 6.92 Å². The lowest BCUT2D eigenvalue weighted by molar-refractivity contribution is 0.102. The van der Waals surface area contributed by atoms with Crippen LogP contribution in [0.5, 0.6) is 0 Å². The standard InChI is InChI=1S/C14H11BrClIN2O/c1-7-4-9(15)6-12(18)13(7)19-14(20)8-2-3-11(17)10(16)5-8/h2-6H,18H2,1H3,(H,19,20). The van der Waals surface area contributed by atoms with E-state index in [4.69, 9.17) is 17.3 Å². The molecule has 0 aliphatic heterocycles. The lowest BCUT2D eigenvalue weighted by Crippen LogP contribution is -2.14. The molecule has 0 aliphatic rings. The number of carbonyl (C=O) groups is 1. The van der Waals surface area contributed by atoms with E-state index >= 15 is 0 Å². The Balaban J connectivity index is 2.30. The van der Waals surface area contributed by atoms with Gasteiger partial charge in [-0.2, -0.15) is 0 Å². The van der Waals surface area contributed by atoms with E-state index in [1.165, 1.54) is 0 Å². The van der Waals surface area contributed by atoms with E-state index in [0.717, 1.165) is 13.6 Å². The summed E-state index contributed by atoms with van der Waals surface area (Å²) < 4.78 is 1.78. The summed E-state index contributed by atoms with van der Waals surface area (Å²) in [5, 5.41) is 3.38. The smallest absolute Gasteiger partial charge is 0.255 e. The first-order valence-corrected chi connectivity index (χ1v) is 7.95. The molecule has 6 heteroatoms. The zero-order chi connectivity index (χ0) is 14.9. The molecule has 0 aromatic heterocycles. The quantitative estimate of drug-likeness (QED) is 0.492. The van der Waals surface area contributed by atoms with Crippen LogP contribution in [-0.4, -0.2) is 5.91 Å². The Labute approximate surface area is 144 Å². The molecule has 1 amide bonds. The molecule has 0 fully saturated rings. The Kier molecular flexibility index (Phi) is 4.93. The molecule has 0 unspecified atom stereocenters. The van der Waals surface area contributed by atoms with Gasteiger partial charge >= 0.3 is 0 Å².